The van der Waals surface area contributed by atoms with Crippen molar-refractivity contribution in [2.75, 3.05) is 0 Å². The molecule has 0 saturated carbocycles. The molecular weight excluding hydrogens is 184 g/mol. The predicted molar refractivity (Wildman–Crippen MR) is 65.6 cm³/mol. The summed E-state index contributed by atoms with van der Waals surface area (Å²) in [6.45, 7) is 10.7. The van der Waals surface area contributed by atoms with Crippen LogP contribution in [0.4, 0.5) is 0 Å². The minimum absolute atomic E-state index is 0.250. The summed E-state index contributed by atoms with van der Waals surface area (Å²) < 4.78 is 0. The van der Waals surface area contributed by atoms with Crippen LogP contribution in [0.2, 0.25) is 0 Å². The summed E-state index contributed by atoms with van der Waals surface area (Å²) in [5, 5.41) is 9.41. The van der Waals surface area contributed by atoms with Gasteiger partial charge in [0.2, 0.25) is 0 Å². The minimum Gasteiger partial charge on any atom is -0.393 e. The van der Waals surface area contributed by atoms with Gasteiger partial charge in [0, 0.05) is 0 Å². The molecule has 1 N–H and O–H groups in total. The highest BCUT2D eigenvalue weighted by molar-refractivity contribution is 5.22. The predicted octanol–water partition coefficient (Wildman–Crippen LogP) is 3.55. The van der Waals surface area contributed by atoms with Crippen molar-refractivity contribution in [1.29, 1.82) is 0 Å². The van der Waals surface area contributed by atoms with Crippen molar-refractivity contribution >= 4 is 0 Å². The van der Waals surface area contributed by atoms with Gasteiger partial charge >= 0.3 is 0 Å². The van der Waals surface area contributed by atoms with Crippen LogP contribution < -0.4 is 0 Å². The molecule has 86 valence electrons. The fraction of sp³-hybridized carbons (Fsp3) is 0.714. The van der Waals surface area contributed by atoms with E-state index in [2.05, 4.69) is 45.9 Å². The summed E-state index contributed by atoms with van der Waals surface area (Å²) in [5.74, 6) is 0.848. The minimum atomic E-state index is -0.250. The number of aliphatic hydroxyl groups is 1. The molecule has 0 heterocycles. The summed E-state index contributed by atoms with van der Waals surface area (Å²) in [6, 6.07) is 0. The van der Waals surface area contributed by atoms with Gasteiger partial charge in [0.1, 0.15) is 0 Å². The third-order valence-corrected chi connectivity index (χ3v) is 4.03. The molecule has 1 rings (SSSR count). The molecule has 1 aliphatic carbocycles. The van der Waals surface area contributed by atoms with E-state index in [-0.39, 0.29) is 17.4 Å². The van der Waals surface area contributed by atoms with Crippen molar-refractivity contribution in [3.8, 4) is 0 Å². The largest absolute Gasteiger partial charge is 0.393 e. The van der Waals surface area contributed by atoms with Crippen molar-refractivity contribution in [3.05, 3.63) is 23.8 Å². The number of allylic oxidation sites excluding steroid dienone is 3. The highest BCUT2D eigenvalue weighted by Gasteiger charge is 2.32. The van der Waals surface area contributed by atoms with E-state index in [0.717, 1.165) is 6.42 Å². The Balaban J connectivity index is 2.62. The van der Waals surface area contributed by atoms with E-state index in [1.165, 1.54) is 5.57 Å². The van der Waals surface area contributed by atoms with Crippen LogP contribution in [0.3, 0.4) is 0 Å². The van der Waals surface area contributed by atoms with E-state index in [1.54, 1.807) is 0 Å². The highest BCUT2D eigenvalue weighted by atomic mass is 16.3. The number of hydrogen-bond donors (Lipinski definition) is 1. The molecule has 0 fully saturated rings. The lowest BCUT2D eigenvalue weighted by Gasteiger charge is -2.27. The smallest absolute Gasteiger partial charge is 0.0572 e. The zero-order chi connectivity index (χ0) is 11.6. The normalized spacial score (nSPS) is 29.2. The van der Waals surface area contributed by atoms with E-state index in [4.69, 9.17) is 0 Å². The number of hydrogen-bond acceptors (Lipinski definition) is 1. The van der Waals surface area contributed by atoms with Gasteiger partial charge in [-0.25, -0.2) is 0 Å². The molecule has 0 aromatic carbocycles. The number of rotatable bonds is 3. The van der Waals surface area contributed by atoms with Gasteiger partial charge in [-0.1, -0.05) is 44.6 Å². The Hall–Kier alpha value is -0.560. The van der Waals surface area contributed by atoms with E-state index in [0.29, 0.717) is 5.92 Å². The molecule has 1 heteroatoms. The summed E-state index contributed by atoms with van der Waals surface area (Å²) in [4.78, 5) is 0. The molecule has 0 aromatic heterocycles. The lowest BCUT2D eigenvalue weighted by molar-refractivity contribution is 0.156. The van der Waals surface area contributed by atoms with Gasteiger partial charge in [0.25, 0.3) is 0 Å². The van der Waals surface area contributed by atoms with Crippen LogP contribution in [0, 0.1) is 17.3 Å². The lowest BCUT2D eigenvalue weighted by Crippen LogP contribution is -2.19. The van der Waals surface area contributed by atoms with Crippen molar-refractivity contribution in [3.63, 3.8) is 0 Å². The molecule has 0 aromatic rings. The molecule has 0 aliphatic heterocycles. The van der Waals surface area contributed by atoms with Gasteiger partial charge in [-0.3, -0.25) is 0 Å². The van der Waals surface area contributed by atoms with Gasteiger partial charge in [-0.2, -0.15) is 0 Å². The molecule has 0 saturated heterocycles. The van der Waals surface area contributed by atoms with E-state index < -0.39 is 0 Å². The van der Waals surface area contributed by atoms with Crippen molar-refractivity contribution in [2.45, 2.75) is 47.1 Å². The first-order valence-corrected chi connectivity index (χ1v) is 5.89. The van der Waals surface area contributed by atoms with E-state index in [9.17, 15) is 5.11 Å². The second kappa shape index (κ2) is 4.52. The second-order valence-corrected chi connectivity index (χ2v) is 5.44. The highest BCUT2D eigenvalue weighted by Crippen LogP contribution is 2.43. The summed E-state index contributed by atoms with van der Waals surface area (Å²) in [7, 11) is 0. The van der Waals surface area contributed by atoms with Gasteiger partial charge in [-0.05, 0) is 37.5 Å². The van der Waals surface area contributed by atoms with Gasteiger partial charge in [-0.15, -0.1) is 0 Å². The quantitative estimate of drug-likeness (QED) is 0.703. The summed E-state index contributed by atoms with van der Waals surface area (Å²) >= 11 is 0. The summed E-state index contributed by atoms with van der Waals surface area (Å²) in [6.07, 6.45) is 7.66. The van der Waals surface area contributed by atoms with Gasteiger partial charge < -0.3 is 5.11 Å². The first-order chi connectivity index (χ1) is 6.85. The van der Waals surface area contributed by atoms with Crippen LogP contribution in [-0.4, -0.2) is 11.2 Å². The van der Waals surface area contributed by atoms with Crippen LogP contribution in [0.25, 0.3) is 0 Å². The summed E-state index contributed by atoms with van der Waals surface area (Å²) in [5.41, 5.74) is 1.77. The molecular formula is C14H24O. The maximum atomic E-state index is 9.41. The third-order valence-electron chi connectivity index (χ3n) is 4.03. The maximum Gasteiger partial charge on any atom is 0.0572 e. The van der Waals surface area contributed by atoms with E-state index >= 15 is 0 Å². The fourth-order valence-electron chi connectivity index (χ4n) is 1.94. The molecule has 0 radical (unpaired) electrons. The third kappa shape index (κ3) is 2.72. The van der Waals surface area contributed by atoms with Crippen LogP contribution in [0.5, 0.6) is 0 Å². The SMILES string of the molecule is CC1=CCC(C=CC(C)[C@@H](C)O)C1(C)C. The van der Waals surface area contributed by atoms with Crippen LogP contribution in [-0.2, 0) is 0 Å². The van der Waals surface area contributed by atoms with Crippen molar-refractivity contribution in [1.82, 2.24) is 0 Å². The molecule has 1 aliphatic rings. The molecule has 1 nitrogen and oxygen atoms in total. The zero-order valence-electron chi connectivity index (χ0n) is 10.6. The molecule has 3 atom stereocenters. The molecule has 2 unspecified atom stereocenters. The first kappa shape index (κ1) is 12.5. The van der Waals surface area contributed by atoms with Crippen molar-refractivity contribution < 1.29 is 5.11 Å². The Morgan fingerprint density at radius 1 is 1.47 bits per heavy atom. The Kier molecular flexibility index (Phi) is 3.77. The topological polar surface area (TPSA) is 20.2 Å². The maximum absolute atomic E-state index is 9.41. The van der Waals surface area contributed by atoms with Gasteiger partial charge in [0.15, 0.2) is 0 Å². The Morgan fingerprint density at radius 3 is 2.47 bits per heavy atom. The monoisotopic (exact) mass is 208 g/mol. The van der Waals surface area contributed by atoms with Gasteiger partial charge in [0.05, 0.1) is 6.10 Å². The average molecular weight is 208 g/mol. The Bertz CT molecular complexity index is 271. The Labute approximate surface area is 93.9 Å². The average Bonchev–Trinajstić information content (AvgIpc) is 2.39. The van der Waals surface area contributed by atoms with Crippen LogP contribution in [0.15, 0.2) is 23.8 Å². The Morgan fingerprint density at radius 2 is 2.07 bits per heavy atom. The zero-order valence-corrected chi connectivity index (χ0v) is 10.6. The standard InChI is InChI=1S/C14H24O/c1-10(12(3)15)6-8-13-9-7-11(2)14(13,4)5/h6-8,10,12-13,15H,9H2,1-5H3/t10?,12-,13?/m1/s1. The molecule has 0 amide bonds. The first-order valence-electron chi connectivity index (χ1n) is 5.89. The number of aliphatic hydroxyl groups excluding tert-OH is 1. The molecule has 0 spiro atoms. The second-order valence-electron chi connectivity index (χ2n) is 5.44. The van der Waals surface area contributed by atoms with Crippen LogP contribution in [0.1, 0.15) is 41.0 Å². The van der Waals surface area contributed by atoms with Crippen molar-refractivity contribution in [2.24, 2.45) is 17.3 Å². The molecule has 15 heavy (non-hydrogen) atoms. The fourth-order valence-corrected chi connectivity index (χ4v) is 1.94. The van der Waals surface area contributed by atoms with Crippen LogP contribution >= 0.6 is 0 Å². The lowest BCUT2D eigenvalue weighted by atomic mass is 9.77. The molecule has 0 bridgehead atoms. The van der Waals surface area contributed by atoms with E-state index in [1.807, 2.05) is 6.92 Å².